The van der Waals surface area contributed by atoms with Gasteiger partial charge < -0.3 is 9.80 Å². The molecular weight excluding hydrogens is 234 g/mol. The normalized spacial score (nSPS) is 18.1. The highest BCUT2D eigenvalue weighted by Gasteiger charge is 2.22. The van der Waals surface area contributed by atoms with E-state index in [1.807, 2.05) is 12.4 Å². The molecule has 0 spiro atoms. The highest BCUT2D eigenvalue weighted by atomic mass is 15.2. The van der Waals surface area contributed by atoms with Gasteiger partial charge in [-0.3, -0.25) is 4.98 Å². The molecule has 1 fully saturated rings. The van der Waals surface area contributed by atoms with Crippen molar-refractivity contribution < 1.29 is 0 Å². The van der Waals surface area contributed by atoms with Gasteiger partial charge in [-0.05, 0) is 63.1 Å². The van der Waals surface area contributed by atoms with Gasteiger partial charge in [0.2, 0.25) is 0 Å². The van der Waals surface area contributed by atoms with Crippen LogP contribution in [0.25, 0.3) is 0 Å². The molecule has 2 heterocycles. The third-order valence-electron chi connectivity index (χ3n) is 4.35. The van der Waals surface area contributed by atoms with Crippen LogP contribution >= 0.6 is 0 Å². The molecule has 0 aliphatic carbocycles. The molecule has 3 nitrogen and oxygen atoms in total. The molecule has 0 N–H and O–H groups in total. The fourth-order valence-electron chi connectivity index (χ4n) is 3.08. The Morgan fingerprint density at radius 2 is 1.79 bits per heavy atom. The second kappa shape index (κ2) is 7.61. The maximum Gasteiger partial charge on any atom is 0.0270 e. The third-order valence-corrected chi connectivity index (χ3v) is 4.35. The van der Waals surface area contributed by atoms with Crippen LogP contribution in [0.4, 0.5) is 0 Å². The molecule has 0 aromatic carbocycles. The summed E-state index contributed by atoms with van der Waals surface area (Å²) in [6.07, 6.45) is 7.60. The van der Waals surface area contributed by atoms with Crippen LogP contribution in [0.3, 0.4) is 0 Å². The fraction of sp³-hybridized carbons (Fsp3) is 0.688. The molecule has 0 atom stereocenters. The van der Waals surface area contributed by atoms with Crippen molar-refractivity contribution in [3.05, 3.63) is 30.1 Å². The highest BCUT2D eigenvalue weighted by Crippen LogP contribution is 2.16. The number of nitrogens with zero attached hydrogens (tertiary/aromatic N) is 3. The van der Waals surface area contributed by atoms with Gasteiger partial charge in [0.25, 0.3) is 0 Å². The Bertz CT molecular complexity index is 340. The summed E-state index contributed by atoms with van der Waals surface area (Å²) < 4.78 is 0. The molecule has 0 bridgehead atoms. The maximum atomic E-state index is 4.07. The van der Waals surface area contributed by atoms with Crippen LogP contribution in [0.1, 0.15) is 32.3 Å². The summed E-state index contributed by atoms with van der Waals surface area (Å²) >= 11 is 0. The quantitative estimate of drug-likeness (QED) is 0.784. The van der Waals surface area contributed by atoms with Crippen LogP contribution in [-0.4, -0.2) is 53.5 Å². The first-order valence-corrected chi connectivity index (χ1v) is 7.68. The summed E-state index contributed by atoms with van der Waals surface area (Å²) in [6, 6.07) is 5.07. The van der Waals surface area contributed by atoms with Gasteiger partial charge in [0, 0.05) is 25.0 Å². The van der Waals surface area contributed by atoms with E-state index in [1.54, 1.807) is 0 Å². The van der Waals surface area contributed by atoms with Gasteiger partial charge in [0.1, 0.15) is 0 Å². The SMILES string of the molecule is CCN(CC)C1CCN(CCc2ccncc2)CC1. The Morgan fingerprint density at radius 1 is 1.16 bits per heavy atom. The van der Waals surface area contributed by atoms with Gasteiger partial charge >= 0.3 is 0 Å². The Kier molecular flexibility index (Phi) is 5.80. The third kappa shape index (κ3) is 4.29. The predicted octanol–water partition coefficient (Wildman–Crippen LogP) is 2.43. The van der Waals surface area contributed by atoms with Crippen molar-refractivity contribution in [3.8, 4) is 0 Å². The van der Waals surface area contributed by atoms with Gasteiger partial charge in [-0.25, -0.2) is 0 Å². The van der Waals surface area contributed by atoms with Gasteiger partial charge in [0.05, 0.1) is 0 Å². The van der Waals surface area contributed by atoms with Gasteiger partial charge in [0.15, 0.2) is 0 Å². The minimum absolute atomic E-state index is 0.812. The molecule has 2 rings (SSSR count). The van der Waals surface area contributed by atoms with E-state index < -0.39 is 0 Å². The number of likely N-dealkylation sites (tertiary alicyclic amines) is 1. The lowest BCUT2D eigenvalue weighted by Gasteiger charge is -2.37. The van der Waals surface area contributed by atoms with Crippen LogP contribution in [0, 0.1) is 0 Å². The second-order valence-electron chi connectivity index (χ2n) is 5.40. The van der Waals surface area contributed by atoms with E-state index in [2.05, 4.69) is 40.8 Å². The van der Waals surface area contributed by atoms with Crippen molar-refractivity contribution in [2.75, 3.05) is 32.7 Å². The zero-order valence-electron chi connectivity index (χ0n) is 12.4. The molecule has 1 aromatic rings. The molecule has 0 unspecified atom stereocenters. The monoisotopic (exact) mass is 261 g/mol. The minimum atomic E-state index is 0.812. The molecule has 3 heteroatoms. The molecule has 0 saturated carbocycles. The van der Waals surface area contributed by atoms with E-state index in [0.717, 1.165) is 12.5 Å². The number of hydrogen-bond donors (Lipinski definition) is 0. The predicted molar refractivity (Wildman–Crippen MR) is 80.3 cm³/mol. The topological polar surface area (TPSA) is 19.4 Å². The first kappa shape index (κ1) is 14.5. The summed E-state index contributed by atoms with van der Waals surface area (Å²) in [5.41, 5.74) is 1.40. The van der Waals surface area contributed by atoms with Crippen LogP contribution in [-0.2, 0) is 6.42 Å². The van der Waals surface area contributed by atoms with Crippen LogP contribution in [0.15, 0.2) is 24.5 Å². The Balaban J connectivity index is 1.72. The van der Waals surface area contributed by atoms with Crippen molar-refractivity contribution in [3.63, 3.8) is 0 Å². The molecule has 19 heavy (non-hydrogen) atoms. The van der Waals surface area contributed by atoms with E-state index in [4.69, 9.17) is 0 Å². The summed E-state index contributed by atoms with van der Waals surface area (Å²) in [4.78, 5) is 9.29. The zero-order chi connectivity index (χ0) is 13.5. The van der Waals surface area contributed by atoms with E-state index >= 15 is 0 Å². The average molecular weight is 261 g/mol. The number of rotatable bonds is 6. The first-order chi connectivity index (χ1) is 9.33. The average Bonchev–Trinajstić information content (AvgIpc) is 2.49. The van der Waals surface area contributed by atoms with Crippen LogP contribution in [0.5, 0.6) is 0 Å². The molecular formula is C16H27N3. The molecule has 0 amide bonds. The Morgan fingerprint density at radius 3 is 2.37 bits per heavy atom. The van der Waals surface area contributed by atoms with E-state index in [0.29, 0.717) is 0 Å². The van der Waals surface area contributed by atoms with Crippen molar-refractivity contribution >= 4 is 0 Å². The van der Waals surface area contributed by atoms with E-state index in [1.165, 1.54) is 51.1 Å². The summed E-state index contributed by atoms with van der Waals surface area (Å²) in [7, 11) is 0. The summed E-state index contributed by atoms with van der Waals surface area (Å²) in [5.74, 6) is 0. The van der Waals surface area contributed by atoms with Gasteiger partial charge in [-0.15, -0.1) is 0 Å². The number of hydrogen-bond acceptors (Lipinski definition) is 3. The smallest absolute Gasteiger partial charge is 0.0270 e. The molecule has 1 aliphatic rings. The Labute approximate surface area is 117 Å². The number of pyridine rings is 1. The molecule has 1 saturated heterocycles. The largest absolute Gasteiger partial charge is 0.303 e. The van der Waals surface area contributed by atoms with E-state index in [9.17, 15) is 0 Å². The molecule has 106 valence electrons. The standard InChI is InChI=1S/C16H27N3/c1-3-19(4-2)16-8-13-18(14-9-16)12-7-15-5-10-17-11-6-15/h5-6,10-11,16H,3-4,7-9,12-14H2,1-2H3. The molecule has 0 radical (unpaired) electrons. The minimum Gasteiger partial charge on any atom is -0.303 e. The lowest BCUT2D eigenvalue weighted by molar-refractivity contribution is 0.117. The maximum absolute atomic E-state index is 4.07. The van der Waals surface area contributed by atoms with Gasteiger partial charge in [-0.1, -0.05) is 13.8 Å². The van der Waals surface area contributed by atoms with Crippen molar-refractivity contribution in [2.45, 2.75) is 39.2 Å². The second-order valence-corrected chi connectivity index (χ2v) is 5.40. The number of aromatic nitrogens is 1. The van der Waals surface area contributed by atoms with Crippen molar-refractivity contribution in [1.29, 1.82) is 0 Å². The summed E-state index contributed by atoms with van der Waals surface area (Å²) in [5, 5.41) is 0. The first-order valence-electron chi connectivity index (χ1n) is 7.68. The molecule has 1 aromatic heterocycles. The number of piperidine rings is 1. The van der Waals surface area contributed by atoms with Crippen LogP contribution in [0.2, 0.25) is 0 Å². The van der Waals surface area contributed by atoms with Crippen molar-refractivity contribution in [1.82, 2.24) is 14.8 Å². The lowest BCUT2D eigenvalue weighted by atomic mass is 10.0. The molecule has 1 aliphatic heterocycles. The van der Waals surface area contributed by atoms with Crippen molar-refractivity contribution in [2.24, 2.45) is 0 Å². The lowest BCUT2D eigenvalue weighted by Crippen LogP contribution is -2.45. The Hall–Kier alpha value is -0.930. The van der Waals surface area contributed by atoms with Gasteiger partial charge in [-0.2, -0.15) is 0 Å². The zero-order valence-corrected chi connectivity index (χ0v) is 12.4. The van der Waals surface area contributed by atoms with E-state index in [-0.39, 0.29) is 0 Å². The summed E-state index contributed by atoms with van der Waals surface area (Å²) in [6.45, 7) is 10.6. The van der Waals surface area contributed by atoms with Crippen LogP contribution < -0.4 is 0 Å². The highest BCUT2D eigenvalue weighted by molar-refractivity contribution is 5.09. The fourth-order valence-corrected chi connectivity index (χ4v) is 3.08.